The third kappa shape index (κ3) is 4.75. The Morgan fingerprint density at radius 1 is 1.31 bits per heavy atom. The van der Waals surface area contributed by atoms with Crippen molar-refractivity contribution in [1.29, 1.82) is 0 Å². The van der Waals surface area contributed by atoms with Gasteiger partial charge in [0.25, 0.3) is 0 Å². The number of imidazole rings is 1. The smallest absolute Gasteiger partial charge is 0.227 e. The molecule has 3 aromatic rings. The number of nitrogens with zero attached hydrogens (tertiary/aromatic N) is 4. The molecule has 3 rings (SSSR count). The molecule has 0 aliphatic heterocycles. The van der Waals surface area contributed by atoms with Crippen molar-refractivity contribution >= 4 is 5.91 Å². The van der Waals surface area contributed by atoms with Gasteiger partial charge in [-0.2, -0.15) is 4.98 Å². The summed E-state index contributed by atoms with van der Waals surface area (Å²) in [6, 6.07) is 5.84. The number of hydrogen-bond acceptors (Lipinski definition) is 5. The van der Waals surface area contributed by atoms with Gasteiger partial charge in [-0.25, -0.2) is 9.37 Å². The van der Waals surface area contributed by atoms with Gasteiger partial charge in [-0.05, 0) is 37.6 Å². The lowest BCUT2D eigenvalue weighted by Crippen LogP contribution is -2.25. The molecule has 0 spiro atoms. The molecule has 0 aliphatic rings. The van der Waals surface area contributed by atoms with E-state index in [-0.39, 0.29) is 18.1 Å². The normalized spacial score (nSPS) is 10.8. The molecule has 0 fully saturated rings. The number of nitrogens with one attached hydrogen (secondary N) is 1. The molecule has 0 radical (unpaired) electrons. The van der Waals surface area contributed by atoms with E-state index in [1.165, 1.54) is 12.1 Å². The predicted octanol–water partition coefficient (Wildman–Crippen LogP) is 2.52. The fraction of sp³-hybridized carbons (Fsp3) is 0.333. The highest BCUT2D eigenvalue weighted by atomic mass is 19.1. The maximum Gasteiger partial charge on any atom is 0.227 e. The molecule has 8 heteroatoms. The zero-order valence-corrected chi connectivity index (χ0v) is 14.5. The van der Waals surface area contributed by atoms with E-state index in [2.05, 4.69) is 20.4 Å². The van der Waals surface area contributed by atoms with Crippen molar-refractivity contribution in [3.63, 3.8) is 0 Å². The molecular weight excluding hydrogens is 337 g/mol. The number of benzene rings is 1. The van der Waals surface area contributed by atoms with Gasteiger partial charge >= 0.3 is 0 Å². The van der Waals surface area contributed by atoms with E-state index < -0.39 is 0 Å². The number of amides is 1. The van der Waals surface area contributed by atoms with Crippen molar-refractivity contribution in [3.8, 4) is 11.4 Å². The van der Waals surface area contributed by atoms with Gasteiger partial charge in [0.2, 0.25) is 17.6 Å². The molecule has 0 saturated carbocycles. The van der Waals surface area contributed by atoms with Gasteiger partial charge in [-0.15, -0.1) is 0 Å². The van der Waals surface area contributed by atoms with Crippen LogP contribution in [0.15, 0.2) is 41.2 Å². The minimum Gasteiger partial charge on any atom is -0.356 e. The Morgan fingerprint density at radius 2 is 2.12 bits per heavy atom. The van der Waals surface area contributed by atoms with Crippen molar-refractivity contribution in [2.75, 3.05) is 6.54 Å². The first-order chi connectivity index (χ1) is 12.6. The molecule has 0 saturated heterocycles. The van der Waals surface area contributed by atoms with Gasteiger partial charge in [0, 0.05) is 43.9 Å². The van der Waals surface area contributed by atoms with Crippen LogP contribution in [-0.2, 0) is 17.8 Å². The van der Waals surface area contributed by atoms with E-state index in [0.29, 0.717) is 30.2 Å². The van der Waals surface area contributed by atoms with Crippen LogP contribution in [0.1, 0.15) is 24.6 Å². The maximum atomic E-state index is 12.9. The third-order valence-corrected chi connectivity index (χ3v) is 3.96. The number of halogens is 1. The number of aryl methyl sites for hydroxylation is 3. The summed E-state index contributed by atoms with van der Waals surface area (Å²) in [6.07, 6.45) is 5.15. The summed E-state index contributed by atoms with van der Waals surface area (Å²) in [7, 11) is 0. The molecule has 136 valence electrons. The van der Waals surface area contributed by atoms with E-state index in [1.807, 2.05) is 17.7 Å². The summed E-state index contributed by atoms with van der Waals surface area (Å²) in [6.45, 7) is 3.36. The summed E-state index contributed by atoms with van der Waals surface area (Å²) in [4.78, 5) is 20.3. The van der Waals surface area contributed by atoms with Crippen molar-refractivity contribution < 1.29 is 13.7 Å². The van der Waals surface area contributed by atoms with E-state index in [4.69, 9.17) is 4.52 Å². The largest absolute Gasteiger partial charge is 0.356 e. The monoisotopic (exact) mass is 357 g/mol. The van der Waals surface area contributed by atoms with Crippen LogP contribution in [-0.4, -0.2) is 32.1 Å². The van der Waals surface area contributed by atoms with Gasteiger partial charge in [-0.3, -0.25) is 4.79 Å². The standard InChI is InChI=1S/C18H20FN5O2/c1-13-20-10-12-24(13)11-2-9-21-16(25)7-8-17-22-18(23-26-17)14-3-5-15(19)6-4-14/h3-6,10,12H,2,7-9,11H2,1H3,(H,21,25). The number of carbonyl (C=O) groups excluding carboxylic acids is 1. The highest BCUT2D eigenvalue weighted by Crippen LogP contribution is 2.16. The molecule has 2 aromatic heterocycles. The number of rotatable bonds is 8. The highest BCUT2D eigenvalue weighted by Gasteiger charge is 2.10. The van der Waals surface area contributed by atoms with E-state index >= 15 is 0 Å². The number of aromatic nitrogens is 4. The van der Waals surface area contributed by atoms with Gasteiger partial charge in [0.1, 0.15) is 11.6 Å². The summed E-state index contributed by atoms with van der Waals surface area (Å²) >= 11 is 0. The fourth-order valence-electron chi connectivity index (χ4n) is 2.50. The molecule has 0 atom stereocenters. The molecule has 1 N–H and O–H groups in total. The minimum atomic E-state index is -0.322. The molecule has 2 heterocycles. The Morgan fingerprint density at radius 3 is 2.85 bits per heavy atom. The Kier molecular flexibility index (Phi) is 5.73. The van der Waals surface area contributed by atoms with Crippen LogP contribution in [0.4, 0.5) is 4.39 Å². The SMILES string of the molecule is Cc1nccn1CCCNC(=O)CCc1nc(-c2ccc(F)cc2)no1. The molecule has 1 amide bonds. The predicted molar refractivity (Wildman–Crippen MR) is 92.6 cm³/mol. The van der Waals surface area contributed by atoms with Gasteiger partial charge in [0.15, 0.2) is 0 Å². The molecule has 0 unspecified atom stereocenters. The maximum absolute atomic E-state index is 12.9. The molecule has 26 heavy (non-hydrogen) atoms. The topological polar surface area (TPSA) is 85.8 Å². The zero-order chi connectivity index (χ0) is 18.4. The van der Waals surface area contributed by atoms with Crippen molar-refractivity contribution in [2.24, 2.45) is 0 Å². The van der Waals surface area contributed by atoms with Crippen molar-refractivity contribution in [2.45, 2.75) is 32.7 Å². The van der Waals surface area contributed by atoms with Crippen LogP contribution in [0.3, 0.4) is 0 Å². The Bertz CT molecular complexity index is 857. The zero-order valence-electron chi connectivity index (χ0n) is 14.5. The summed E-state index contributed by atoms with van der Waals surface area (Å²) in [5.74, 6) is 1.35. The van der Waals surface area contributed by atoms with Crippen molar-refractivity contribution in [3.05, 3.63) is 54.2 Å². The second-order valence-electron chi connectivity index (χ2n) is 5.89. The van der Waals surface area contributed by atoms with Gasteiger partial charge < -0.3 is 14.4 Å². The quantitative estimate of drug-likeness (QED) is 0.626. The highest BCUT2D eigenvalue weighted by molar-refractivity contribution is 5.75. The Hall–Kier alpha value is -3.03. The van der Waals surface area contributed by atoms with Crippen LogP contribution < -0.4 is 5.32 Å². The third-order valence-electron chi connectivity index (χ3n) is 3.96. The first-order valence-electron chi connectivity index (χ1n) is 8.45. The lowest BCUT2D eigenvalue weighted by atomic mass is 10.2. The van der Waals surface area contributed by atoms with Crippen LogP contribution >= 0.6 is 0 Å². The summed E-state index contributed by atoms with van der Waals surface area (Å²) in [5, 5.41) is 6.73. The minimum absolute atomic E-state index is 0.0612. The Balaban J connectivity index is 1.39. The number of carbonyl (C=O) groups is 1. The first-order valence-corrected chi connectivity index (χ1v) is 8.45. The van der Waals surface area contributed by atoms with E-state index in [9.17, 15) is 9.18 Å². The molecule has 7 nitrogen and oxygen atoms in total. The molecule has 0 aliphatic carbocycles. The van der Waals surface area contributed by atoms with E-state index in [1.54, 1.807) is 18.3 Å². The van der Waals surface area contributed by atoms with Gasteiger partial charge in [-0.1, -0.05) is 5.16 Å². The summed E-state index contributed by atoms with van der Waals surface area (Å²) < 4.78 is 20.1. The second kappa shape index (κ2) is 8.37. The molecule has 1 aromatic carbocycles. The van der Waals surface area contributed by atoms with Gasteiger partial charge in [0.05, 0.1) is 0 Å². The first kappa shape index (κ1) is 17.8. The lowest BCUT2D eigenvalue weighted by Gasteiger charge is -2.06. The summed E-state index contributed by atoms with van der Waals surface area (Å²) in [5.41, 5.74) is 0.667. The number of hydrogen-bond donors (Lipinski definition) is 1. The van der Waals surface area contributed by atoms with Crippen molar-refractivity contribution in [1.82, 2.24) is 25.0 Å². The second-order valence-corrected chi connectivity index (χ2v) is 5.89. The Labute approximate surface area is 150 Å². The van der Waals surface area contributed by atoms with Crippen LogP contribution in [0.2, 0.25) is 0 Å². The van der Waals surface area contributed by atoms with Crippen LogP contribution in [0.25, 0.3) is 11.4 Å². The van der Waals surface area contributed by atoms with Crippen LogP contribution in [0, 0.1) is 12.7 Å². The lowest BCUT2D eigenvalue weighted by molar-refractivity contribution is -0.121. The average molecular weight is 357 g/mol. The molecule has 0 bridgehead atoms. The average Bonchev–Trinajstić information content (AvgIpc) is 3.27. The fourth-order valence-corrected chi connectivity index (χ4v) is 2.50. The van der Waals surface area contributed by atoms with Crippen LogP contribution in [0.5, 0.6) is 0 Å². The molecular formula is C18H20FN5O2. The van der Waals surface area contributed by atoms with E-state index in [0.717, 1.165) is 18.8 Å².